The van der Waals surface area contributed by atoms with E-state index >= 15 is 0 Å². The smallest absolute Gasteiger partial charge is 0.420 e. The lowest BCUT2D eigenvalue weighted by molar-refractivity contribution is -0.138. The number of aromatic nitrogens is 3. The van der Waals surface area contributed by atoms with E-state index in [1.807, 2.05) is 0 Å². The van der Waals surface area contributed by atoms with Gasteiger partial charge in [0.1, 0.15) is 17.2 Å². The van der Waals surface area contributed by atoms with Crippen molar-refractivity contribution in [2.75, 3.05) is 0 Å². The summed E-state index contributed by atoms with van der Waals surface area (Å²) in [4.78, 5) is -1.89. The Bertz CT molecular complexity index is 1000. The van der Waals surface area contributed by atoms with Gasteiger partial charge in [-0.15, -0.1) is 22.8 Å². The van der Waals surface area contributed by atoms with E-state index in [1.54, 1.807) is 6.92 Å². The van der Waals surface area contributed by atoms with Crippen LogP contribution in [0.25, 0.3) is 5.65 Å². The molecule has 3 rings (SSSR count). The van der Waals surface area contributed by atoms with Gasteiger partial charge in [-0.2, -0.15) is 13.2 Å². The zero-order valence-corrected chi connectivity index (χ0v) is 15.1. The highest BCUT2D eigenvalue weighted by atomic mass is 32.1. The Morgan fingerprint density at radius 1 is 1.15 bits per heavy atom. The molecule has 2 heterocycles. The van der Waals surface area contributed by atoms with Crippen LogP contribution in [-0.4, -0.2) is 14.6 Å². The molecule has 0 N–H and O–H groups in total. The minimum atomic E-state index is -4.79. The second kappa shape index (κ2) is 6.66. The quantitative estimate of drug-likeness (QED) is 0.388. The first-order valence-corrected chi connectivity index (χ1v) is 8.30. The first-order chi connectivity index (χ1) is 12.5. The molecule has 0 fully saturated rings. The zero-order chi connectivity index (χ0) is 20.0. The van der Waals surface area contributed by atoms with Crippen molar-refractivity contribution in [3.05, 3.63) is 59.0 Å². The summed E-state index contributed by atoms with van der Waals surface area (Å²) < 4.78 is 74.9. The Kier molecular flexibility index (Phi) is 4.79. The lowest BCUT2D eigenvalue weighted by Crippen LogP contribution is -2.28. The third-order valence-corrected chi connectivity index (χ3v) is 4.28. The molecule has 3 aromatic rings. The van der Waals surface area contributed by atoms with Crippen LogP contribution in [0, 0.1) is 11.6 Å². The maximum Gasteiger partial charge on any atom is 0.420 e. The highest BCUT2D eigenvalue weighted by Crippen LogP contribution is 2.42. The molecule has 0 aliphatic carbocycles. The Hall–Kier alpha value is -2.36. The van der Waals surface area contributed by atoms with Crippen molar-refractivity contribution >= 4 is 18.3 Å². The van der Waals surface area contributed by atoms with Crippen LogP contribution in [0.15, 0.2) is 30.5 Å². The van der Waals surface area contributed by atoms with E-state index in [2.05, 4.69) is 22.8 Å². The Labute approximate surface area is 156 Å². The molecular weight excluding hydrogens is 389 g/mol. The van der Waals surface area contributed by atoms with Gasteiger partial charge in [0.25, 0.3) is 0 Å². The van der Waals surface area contributed by atoms with Crippen LogP contribution < -0.4 is 4.74 Å². The van der Waals surface area contributed by atoms with Crippen molar-refractivity contribution < 1.29 is 26.7 Å². The molecule has 144 valence electrons. The molecule has 0 amide bonds. The molecule has 10 heteroatoms. The van der Waals surface area contributed by atoms with E-state index < -0.39 is 39.7 Å². The van der Waals surface area contributed by atoms with Gasteiger partial charge in [0.05, 0.1) is 0 Å². The van der Waals surface area contributed by atoms with Gasteiger partial charge >= 0.3 is 6.18 Å². The van der Waals surface area contributed by atoms with Gasteiger partial charge in [-0.1, -0.05) is 6.92 Å². The molecule has 1 unspecified atom stereocenters. The summed E-state index contributed by atoms with van der Waals surface area (Å²) in [6, 6.07) is 3.66. The summed E-state index contributed by atoms with van der Waals surface area (Å²) in [7, 11) is 0. The number of hydrogen-bond donors (Lipinski definition) is 1. The molecule has 0 bridgehead atoms. The average molecular weight is 403 g/mol. The third-order valence-electron chi connectivity index (χ3n) is 3.95. The third kappa shape index (κ3) is 3.58. The van der Waals surface area contributed by atoms with Crippen LogP contribution in [-0.2, 0) is 17.5 Å². The average Bonchev–Trinajstić information content (AvgIpc) is 2.98. The van der Waals surface area contributed by atoms with Crippen molar-refractivity contribution in [3.63, 3.8) is 0 Å². The number of aryl methyl sites for hydroxylation is 1. The van der Waals surface area contributed by atoms with Crippen molar-refractivity contribution in [2.45, 2.75) is 31.4 Å². The van der Waals surface area contributed by atoms with Crippen LogP contribution in [0.3, 0.4) is 0 Å². The fraction of sp³-hybridized carbons (Fsp3) is 0.294. The maximum absolute atomic E-state index is 13.9. The summed E-state index contributed by atoms with van der Waals surface area (Å²) in [5.74, 6) is -1.97. The summed E-state index contributed by atoms with van der Waals surface area (Å²) in [5, 5.41) is 7.41. The van der Waals surface area contributed by atoms with E-state index in [0.717, 1.165) is 12.1 Å². The molecule has 0 saturated carbocycles. The lowest BCUT2D eigenvalue weighted by Gasteiger charge is -2.29. The predicted octanol–water partition coefficient (Wildman–Crippen LogP) is 4.77. The summed E-state index contributed by atoms with van der Waals surface area (Å²) in [6.45, 7) is 2.97. The Morgan fingerprint density at radius 2 is 1.85 bits per heavy atom. The van der Waals surface area contributed by atoms with Crippen molar-refractivity contribution in [1.82, 2.24) is 14.6 Å². The lowest BCUT2D eigenvalue weighted by atomic mass is 10.0. The fourth-order valence-electron chi connectivity index (χ4n) is 2.74. The van der Waals surface area contributed by atoms with Crippen molar-refractivity contribution in [1.29, 1.82) is 0 Å². The van der Waals surface area contributed by atoms with Crippen molar-refractivity contribution in [3.8, 4) is 5.75 Å². The summed E-state index contributed by atoms with van der Waals surface area (Å²) in [5.41, 5.74) is -1.86. The fourth-order valence-corrected chi connectivity index (χ4v) is 3.02. The van der Waals surface area contributed by atoms with Crippen molar-refractivity contribution in [2.24, 2.45) is 0 Å². The molecular formula is C17H14F5N3OS. The number of thiol groups is 1. The number of ether oxygens (including phenoxy) is 1. The van der Waals surface area contributed by atoms with Gasteiger partial charge in [0, 0.05) is 24.2 Å². The van der Waals surface area contributed by atoms with Gasteiger partial charge in [0.15, 0.2) is 22.1 Å². The molecule has 1 aromatic carbocycles. The molecule has 0 aliphatic heterocycles. The van der Waals surface area contributed by atoms with E-state index in [4.69, 9.17) is 4.74 Å². The normalized spacial score (nSPS) is 14.4. The van der Waals surface area contributed by atoms with Gasteiger partial charge in [-0.3, -0.25) is 4.40 Å². The van der Waals surface area contributed by atoms with Crippen LogP contribution >= 0.6 is 12.6 Å². The molecule has 0 saturated heterocycles. The number of rotatable bonds is 4. The van der Waals surface area contributed by atoms with Crippen LogP contribution in [0.2, 0.25) is 0 Å². The van der Waals surface area contributed by atoms with Crippen LogP contribution in [0.5, 0.6) is 5.75 Å². The first kappa shape index (κ1) is 19.4. The van der Waals surface area contributed by atoms with E-state index in [0.29, 0.717) is 18.3 Å². The largest absolute Gasteiger partial charge is 0.470 e. The minimum Gasteiger partial charge on any atom is -0.470 e. The van der Waals surface area contributed by atoms with E-state index in [1.165, 1.54) is 23.6 Å². The van der Waals surface area contributed by atoms with Crippen LogP contribution in [0.1, 0.15) is 30.8 Å². The van der Waals surface area contributed by atoms with Gasteiger partial charge in [-0.25, -0.2) is 8.78 Å². The molecule has 0 radical (unpaired) electrons. The molecule has 27 heavy (non-hydrogen) atoms. The maximum atomic E-state index is 13.9. The van der Waals surface area contributed by atoms with Gasteiger partial charge in [0.2, 0.25) is 0 Å². The minimum absolute atomic E-state index is 0.355. The number of nitrogens with zero attached hydrogens (tertiary/aromatic N) is 3. The van der Waals surface area contributed by atoms with Gasteiger partial charge < -0.3 is 4.74 Å². The summed E-state index contributed by atoms with van der Waals surface area (Å²) in [6.07, 6.45) is -3.03. The highest BCUT2D eigenvalue weighted by Gasteiger charge is 2.42. The Balaban J connectivity index is 2.16. The Morgan fingerprint density at radius 3 is 2.44 bits per heavy atom. The highest BCUT2D eigenvalue weighted by molar-refractivity contribution is 7.81. The topological polar surface area (TPSA) is 39.4 Å². The predicted molar refractivity (Wildman–Crippen MR) is 90.7 cm³/mol. The number of benzene rings is 1. The molecule has 2 aromatic heterocycles. The standard InChI is InChI=1S/C17H14F5N3OS/c1-3-13-23-24-15-14(17(20,21)22)10(6-7-25(13)15)16(2,27)26-12-5-4-9(18)8-11(12)19/h4-8,27H,3H2,1-2H3. The molecule has 1 atom stereocenters. The van der Waals surface area contributed by atoms with E-state index in [9.17, 15) is 22.0 Å². The molecule has 4 nitrogen and oxygen atoms in total. The number of pyridine rings is 1. The molecule has 0 spiro atoms. The number of hydrogen-bond acceptors (Lipinski definition) is 4. The number of alkyl halides is 3. The summed E-state index contributed by atoms with van der Waals surface area (Å²) >= 11 is 4.18. The number of halogens is 5. The van der Waals surface area contributed by atoms with Gasteiger partial charge in [-0.05, 0) is 25.1 Å². The van der Waals surface area contributed by atoms with Crippen LogP contribution in [0.4, 0.5) is 22.0 Å². The monoisotopic (exact) mass is 403 g/mol. The zero-order valence-electron chi connectivity index (χ0n) is 14.2. The van der Waals surface area contributed by atoms with E-state index in [-0.39, 0.29) is 5.56 Å². The SMILES string of the molecule is CCc1nnc2c(C(F)(F)F)c(C(C)(S)Oc3ccc(F)cc3F)ccn12. The molecule has 0 aliphatic rings. The first-order valence-electron chi connectivity index (χ1n) is 7.85. The second-order valence-corrected chi connectivity index (χ2v) is 6.78. The second-order valence-electron chi connectivity index (χ2n) is 5.93. The number of fused-ring (bicyclic) bond motifs is 1.